The van der Waals surface area contributed by atoms with Gasteiger partial charge in [0.2, 0.25) is 0 Å². The molecule has 4 N–H and O–H groups in total. The SMILES string of the molecule is C/C1=C/CCC[C@]2(C)c3cc(OC(=O)CCCCCCC(=O)Oc4cc(F)c5c(c4)[C@@]4(C)CCCCC[C@@H](C5)[C@@H]4N)cc(F)c3C[C@H]1[C@@H]2N. The van der Waals surface area contributed by atoms with E-state index < -0.39 is 17.4 Å². The fraction of sp³-hybridized carbons (Fsp3) is 0.610. The normalized spacial score (nSPS) is 30.3. The van der Waals surface area contributed by atoms with E-state index in [-0.39, 0.29) is 65.3 Å². The van der Waals surface area contributed by atoms with E-state index in [9.17, 15) is 9.59 Å². The van der Waals surface area contributed by atoms with Gasteiger partial charge in [-0.05, 0) is 111 Å². The number of allylic oxidation sites excluding steroid dienone is 1. The molecule has 4 aliphatic carbocycles. The number of halogens is 2. The maximum Gasteiger partial charge on any atom is 0.311 e. The molecule has 2 aromatic carbocycles. The lowest BCUT2D eigenvalue weighted by molar-refractivity contribution is -0.135. The highest BCUT2D eigenvalue weighted by Gasteiger charge is 2.46. The fourth-order valence-electron chi connectivity index (χ4n) is 9.45. The number of carbonyl (C=O) groups is 2. The van der Waals surface area contributed by atoms with Gasteiger partial charge in [-0.1, -0.05) is 57.6 Å². The molecule has 2 aromatic rings. The van der Waals surface area contributed by atoms with Gasteiger partial charge in [0.25, 0.3) is 0 Å². The van der Waals surface area contributed by atoms with Gasteiger partial charge in [0.1, 0.15) is 23.1 Å². The summed E-state index contributed by atoms with van der Waals surface area (Å²) in [5.41, 5.74) is 17.2. The maximum absolute atomic E-state index is 15.4. The molecule has 8 heteroatoms. The van der Waals surface area contributed by atoms with Crippen LogP contribution in [0.5, 0.6) is 11.5 Å². The molecule has 0 spiro atoms. The van der Waals surface area contributed by atoms with Gasteiger partial charge in [0, 0.05) is 47.9 Å². The Morgan fingerprint density at radius 3 is 1.92 bits per heavy atom. The molecule has 6 rings (SSSR count). The number of unbranched alkanes of at least 4 members (excludes halogenated alkanes) is 3. The first kappa shape index (κ1) is 35.7. The second kappa shape index (κ2) is 14.6. The summed E-state index contributed by atoms with van der Waals surface area (Å²) in [6.45, 7) is 6.36. The summed E-state index contributed by atoms with van der Waals surface area (Å²) in [4.78, 5) is 25.4. The van der Waals surface area contributed by atoms with Crippen molar-refractivity contribution in [3.63, 3.8) is 0 Å². The molecule has 4 bridgehead atoms. The van der Waals surface area contributed by atoms with E-state index in [1.165, 1.54) is 17.7 Å². The molecule has 49 heavy (non-hydrogen) atoms. The Bertz CT molecular complexity index is 1610. The van der Waals surface area contributed by atoms with Crippen molar-refractivity contribution in [1.82, 2.24) is 0 Å². The average molecular weight is 677 g/mol. The molecule has 0 amide bonds. The lowest BCUT2D eigenvalue weighted by atomic mass is 9.59. The van der Waals surface area contributed by atoms with Gasteiger partial charge in [-0.3, -0.25) is 9.59 Å². The van der Waals surface area contributed by atoms with Crippen LogP contribution in [-0.2, 0) is 33.3 Å². The Hall–Kier alpha value is -3.10. The van der Waals surface area contributed by atoms with Crippen LogP contribution in [0, 0.1) is 23.5 Å². The molecule has 0 saturated heterocycles. The number of hydrogen-bond acceptors (Lipinski definition) is 6. The van der Waals surface area contributed by atoms with Gasteiger partial charge in [-0.25, -0.2) is 8.78 Å². The predicted octanol–water partition coefficient (Wildman–Crippen LogP) is 8.43. The van der Waals surface area contributed by atoms with Gasteiger partial charge in [0.15, 0.2) is 0 Å². The first-order valence-electron chi connectivity index (χ1n) is 18.7. The Balaban J connectivity index is 0.972. The van der Waals surface area contributed by atoms with E-state index >= 15 is 8.78 Å². The van der Waals surface area contributed by atoms with Crippen molar-refractivity contribution in [2.45, 2.75) is 146 Å². The standard InChI is InChI=1S/C41H54F2N2O4/c1-25-13-10-12-18-41(3)33-21-28(23-35(43)31(33)24-29(25)39(41)45)49-37(47)16-9-5-4-8-15-36(46)48-27-20-32-30(34(42)22-27)19-26-14-7-6-11-17-40(32,2)38(26)44/h13,20-23,26,29,38-39H,4-12,14-19,24,44-45H2,1-3H3/b25-13-/t26-,29+,38-,39-,40+,41+/m0/s1. The molecule has 0 unspecified atom stereocenters. The van der Waals surface area contributed by atoms with E-state index in [2.05, 4.69) is 26.8 Å². The third kappa shape index (κ3) is 7.23. The van der Waals surface area contributed by atoms with Crippen molar-refractivity contribution in [1.29, 1.82) is 0 Å². The number of ether oxygens (including phenoxy) is 2. The summed E-state index contributed by atoms with van der Waals surface area (Å²) in [7, 11) is 0. The minimum Gasteiger partial charge on any atom is -0.426 e. The quantitative estimate of drug-likeness (QED) is 0.120. The highest BCUT2D eigenvalue weighted by Crippen LogP contribution is 2.49. The van der Waals surface area contributed by atoms with Crippen LogP contribution in [-0.4, -0.2) is 24.0 Å². The Morgan fingerprint density at radius 2 is 1.31 bits per heavy atom. The Kier molecular flexibility index (Phi) is 10.7. The van der Waals surface area contributed by atoms with Crippen LogP contribution in [0.25, 0.3) is 0 Å². The third-order valence-electron chi connectivity index (χ3n) is 12.6. The zero-order valence-electron chi connectivity index (χ0n) is 29.6. The molecule has 4 aliphatic rings. The van der Waals surface area contributed by atoms with Gasteiger partial charge >= 0.3 is 11.9 Å². The number of rotatable bonds is 9. The van der Waals surface area contributed by atoms with Gasteiger partial charge in [-0.15, -0.1) is 0 Å². The number of nitrogens with two attached hydrogens (primary N) is 2. The van der Waals surface area contributed by atoms with E-state index in [1.807, 2.05) is 12.1 Å². The molecule has 1 fully saturated rings. The van der Waals surface area contributed by atoms with E-state index in [0.29, 0.717) is 31.2 Å². The highest BCUT2D eigenvalue weighted by molar-refractivity contribution is 5.73. The second-order valence-corrected chi connectivity index (χ2v) is 15.8. The van der Waals surface area contributed by atoms with E-state index in [4.69, 9.17) is 20.9 Å². The molecular formula is C41H54F2N2O4. The van der Waals surface area contributed by atoms with Crippen LogP contribution in [0.4, 0.5) is 8.78 Å². The predicted molar refractivity (Wildman–Crippen MR) is 188 cm³/mol. The molecule has 6 atom stereocenters. The van der Waals surface area contributed by atoms with Crippen molar-refractivity contribution in [2.24, 2.45) is 23.3 Å². The lowest BCUT2D eigenvalue weighted by Gasteiger charge is -2.47. The zero-order valence-corrected chi connectivity index (χ0v) is 29.6. The summed E-state index contributed by atoms with van der Waals surface area (Å²) in [6, 6.07) is 6.18. The smallest absolute Gasteiger partial charge is 0.311 e. The van der Waals surface area contributed by atoms with Crippen LogP contribution >= 0.6 is 0 Å². The summed E-state index contributed by atoms with van der Waals surface area (Å²) < 4.78 is 42.0. The van der Waals surface area contributed by atoms with Crippen molar-refractivity contribution in [3.8, 4) is 11.5 Å². The molecule has 6 nitrogen and oxygen atoms in total. The second-order valence-electron chi connectivity index (χ2n) is 15.8. The first-order chi connectivity index (χ1) is 23.4. The molecular weight excluding hydrogens is 622 g/mol. The van der Waals surface area contributed by atoms with Gasteiger partial charge in [0.05, 0.1) is 0 Å². The summed E-state index contributed by atoms with van der Waals surface area (Å²) in [5.74, 6) is -0.607. The van der Waals surface area contributed by atoms with Crippen LogP contribution < -0.4 is 20.9 Å². The number of hydrogen-bond donors (Lipinski definition) is 2. The van der Waals surface area contributed by atoms with Crippen LogP contribution in [0.15, 0.2) is 35.9 Å². The van der Waals surface area contributed by atoms with Crippen molar-refractivity contribution >= 4 is 11.9 Å². The molecule has 0 aliphatic heterocycles. The summed E-state index contributed by atoms with van der Waals surface area (Å²) in [5, 5.41) is 0. The molecule has 0 heterocycles. The van der Waals surface area contributed by atoms with E-state index in [0.717, 1.165) is 80.9 Å². The molecule has 0 radical (unpaired) electrons. The van der Waals surface area contributed by atoms with Crippen molar-refractivity contribution in [2.75, 3.05) is 0 Å². The van der Waals surface area contributed by atoms with Crippen molar-refractivity contribution in [3.05, 3.63) is 69.8 Å². The Morgan fingerprint density at radius 1 is 0.755 bits per heavy atom. The Labute approximate surface area is 290 Å². The number of fused-ring (bicyclic) bond motifs is 8. The molecule has 0 aromatic heterocycles. The van der Waals surface area contributed by atoms with Crippen LogP contribution in [0.3, 0.4) is 0 Å². The molecule has 1 saturated carbocycles. The fourth-order valence-corrected chi connectivity index (χ4v) is 9.45. The summed E-state index contributed by atoms with van der Waals surface area (Å²) in [6.07, 6.45) is 14.6. The zero-order chi connectivity index (χ0) is 34.9. The largest absolute Gasteiger partial charge is 0.426 e. The highest BCUT2D eigenvalue weighted by atomic mass is 19.1. The third-order valence-corrected chi connectivity index (χ3v) is 12.6. The number of esters is 2. The molecule has 266 valence electrons. The number of benzene rings is 2. The number of carbonyl (C=O) groups excluding carboxylic acids is 2. The van der Waals surface area contributed by atoms with E-state index in [1.54, 1.807) is 0 Å². The minimum absolute atomic E-state index is 0.0410. The van der Waals surface area contributed by atoms with Gasteiger partial charge < -0.3 is 20.9 Å². The van der Waals surface area contributed by atoms with Crippen LogP contribution in [0.1, 0.15) is 133 Å². The maximum atomic E-state index is 15.4. The first-order valence-corrected chi connectivity index (χ1v) is 18.7. The van der Waals surface area contributed by atoms with Crippen LogP contribution in [0.2, 0.25) is 0 Å². The average Bonchev–Trinajstić information content (AvgIpc) is 3.05. The lowest BCUT2D eigenvalue weighted by Crippen LogP contribution is -2.53. The minimum atomic E-state index is -0.406. The monoisotopic (exact) mass is 676 g/mol. The summed E-state index contributed by atoms with van der Waals surface area (Å²) >= 11 is 0. The van der Waals surface area contributed by atoms with Gasteiger partial charge in [-0.2, -0.15) is 0 Å². The topological polar surface area (TPSA) is 105 Å². The van der Waals surface area contributed by atoms with Crippen molar-refractivity contribution < 1.29 is 27.8 Å².